The Hall–Kier alpha value is -2.10. The van der Waals surface area contributed by atoms with Crippen LogP contribution in [-0.4, -0.2) is 16.5 Å². The summed E-state index contributed by atoms with van der Waals surface area (Å²) in [7, 11) is 0. The third-order valence-electron chi connectivity index (χ3n) is 2.89. The van der Waals surface area contributed by atoms with Gasteiger partial charge in [-0.2, -0.15) is 0 Å². The van der Waals surface area contributed by atoms with Crippen LogP contribution in [0.15, 0.2) is 35.1 Å². The normalized spacial score (nSPS) is 10.3. The Morgan fingerprint density at radius 1 is 1.22 bits per heavy atom. The average Bonchev–Trinajstić information content (AvgIpc) is 2.37. The van der Waals surface area contributed by atoms with Crippen LogP contribution in [-0.2, 0) is 6.42 Å². The predicted molar refractivity (Wildman–Crippen MR) is 73.0 cm³/mol. The van der Waals surface area contributed by atoms with Crippen LogP contribution < -0.4 is 10.9 Å². The average molecular weight is 243 g/mol. The molecular formula is C14H17N3O. The van der Waals surface area contributed by atoms with Crippen molar-refractivity contribution in [2.75, 3.05) is 11.9 Å². The van der Waals surface area contributed by atoms with Crippen LogP contribution in [0.5, 0.6) is 0 Å². The van der Waals surface area contributed by atoms with Gasteiger partial charge in [0.1, 0.15) is 0 Å². The largest absolute Gasteiger partial charge is 0.365 e. The Morgan fingerprint density at radius 2 is 1.94 bits per heavy atom. The molecule has 94 valence electrons. The molecule has 0 spiro atoms. The number of hydrogen-bond donors (Lipinski definition) is 2. The molecule has 0 radical (unpaired) electrons. The molecule has 1 aromatic heterocycles. The van der Waals surface area contributed by atoms with Gasteiger partial charge in [0.05, 0.1) is 5.69 Å². The van der Waals surface area contributed by atoms with E-state index in [-0.39, 0.29) is 5.56 Å². The summed E-state index contributed by atoms with van der Waals surface area (Å²) in [5.41, 5.74) is 2.74. The fourth-order valence-electron chi connectivity index (χ4n) is 1.71. The molecule has 0 aliphatic heterocycles. The number of nitrogens with zero attached hydrogens (tertiary/aromatic N) is 1. The van der Waals surface area contributed by atoms with E-state index in [1.54, 1.807) is 0 Å². The SMILES string of the molecule is Cc1nc(NCCc2ccccc2)c(=O)[nH]c1C. The van der Waals surface area contributed by atoms with Gasteiger partial charge in [0.2, 0.25) is 0 Å². The second kappa shape index (κ2) is 5.49. The summed E-state index contributed by atoms with van der Waals surface area (Å²) in [5, 5.41) is 3.07. The van der Waals surface area contributed by atoms with Crippen molar-refractivity contribution < 1.29 is 0 Å². The van der Waals surface area contributed by atoms with E-state index in [9.17, 15) is 4.79 Å². The van der Waals surface area contributed by atoms with Crippen molar-refractivity contribution in [1.29, 1.82) is 0 Å². The molecule has 1 heterocycles. The lowest BCUT2D eigenvalue weighted by molar-refractivity contribution is 0.959. The van der Waals surface area contributed by atoms with Crippen molar-refractivity contribution >= 4 is 5.82 Å². The number of nitrogens with one attached hydrogen (secondary N) is 2. The number of aromatic amines is 1. The first-order valence-corrected chi connectivity index (χ1v) is 6.02. The molecule has 2 rings (SSSR count). The number of anilines is 1. The van der Waals surface area contributed by atoms with Gasteiger partial charge in [0, 0.05) is 12.2 Å². The fraction of sp³-hybridized carbons (Fsp3) is 0.286. The van der Waals surface area contributed by atoms with Gasteiger partial charge < -0.3 is 10.3 Å². The van der Waals surface area contributed by atoms with Crippen LogP contribution in [0.4, 0.5) is 5.82 Å². The van der Waals surface area contributed by atoms with Gasteiger partial charge in [-0.25, -0.2) is 4.98 Å². The fourth-order valence-corrected chi connectivity index (χ4v) is 1.71. The molecule has 1 aromatic carbocycles. The van der Waals surface area contributed by atoms with Gasteiger partial charge >= 0.3 is 0 Å². The molecule has 4 heteroatoms. The van der Waals surface area contributed by atoms with Gasteiger partial charge in [-0.15, -0.1) is 0 Å². The molecule has 2 N–H and O–H groups in total. The summed E-state index contributed by atoms with van der Waals surface area (Å²) in [4.78, 5) is 18.7. The van der Waals surface area contributed by atoms with Crippen LogP contribution >= 0.6 is 0 Å². The lowest BCUT2D eigenvalue weighted by Crippen LogP contribution is -2.19. The first-order valence-electron chi connectivity index (χ1n) is 6.02. The number of H-pyrrole nitrogens is 1. The lowest BCUT2D eigenvalue weighted by atomic mass is 10.1. The second-order valence-electron chi connectivity index (χ2n) is 4.29. The van der Waals surface area contributed by atoms with Crippen LogP contribution in [0.1, 0.15) is 17.0 Å². The van der Waals surface area contributed by atoms with E-state index in [1.165, 1.54) is 5.56 Å². The van der Waals surface area contributed by atoms with Crippen LogP contribution in [0.2, 0.25) is 0 Å². The molecule has 0 bridgehead atoms. The Morgan fingerprint density at radius 3 is 2.67 bits per heavy atom. The zero-order valence-corrected chi connectivity index (χ0v) is 10.7. The maximum absolute atomic E-state index is 11.7. The second-order valence-corrected chi connectivity index (χ2v) is 4.29. The third kappa shape index (κ3) is 2.97. The van der Waals surface area contributed by atoms with Crippen molar-refractivity contribution in [3.8, 4) is 0 Å². The molecule has 0 amide bonds. The highest BCUT2D eigenvalue weighted by atomic mass is 16.1. The molecule has 0 fully saturated rings. The smallest absolute Gasteiger partial charge is 0.290 e. The molecule has 0 saturated carbocycles. The van der Waals surface area contributed by atoms with Gasteiger partial charge in [0.25, 0.3) is 5.56 Å². The first kappa shape index (κ1) is 12.4. The van der Waals surface area contributed by atoms with Crippen LogP contribution in [0.3, 0.4) is 0 Å². The van der Waals surface area contributed by atoms with Crippen molar-refractivity contribution in [3.05, 3.63) is 57.6 Å². The molecule has 0 atom stereocenters. The molecule has 0 unspecified atom stereocenters. The van der Waals surface area contributed by atoms with Gasteiger partial charge in [0.15, 0.2) is 5.82 Å². The van der Waals surface area contributed by atoms with Crippen molar-refractivity contribution in [2.24, 2.45) is 0 Å². The van der Waals surface area contributed by atoms with Gasteiger partial charge in [-0.05, 0) is 25.8 Å². The third-order valence-corrected chi connectivity index (χ3v) is 2.89. The number of rotatable bonds is 4. The lowest BCUT2D eigenvalue weighted by Gasteiger charge is -2.07. The number of benzene rings is 1. The van der Waals surface area contributed by atoms with E-state index >= 15 is 0 Å². The molecular weight excluding hydrogens is 226 g/mol. The zero-order chi connectivity index (χ0) is 13.0. The molecule has 0 aliphatic rings. The quantitative estimate of drug-likeness (QED) is 0.864. The van der Waals surface area contributed by atoms with Crippen molar-refractivity contribution in [3.63, 3.8) is 0 Å². The summed E-state index contributed by atoms with van der Waals surface area (Å²) in [6.45, 7) is 4.42. The highest BCUT2D eigenvalue weighted by molar-refractivity contribution is 5.33. The van der Waals surface area contributed by atoms with Gasteiger partial charge in [-0.1, -0.05) is 30.3 Å². The molecule has 18 heavy (non-hydrogen) atoms. The van der Waals surface area contributed by atoms with E-state index < -0.39 is 0 Å². The van der Waals surface area contributed by atoms with E-state index in [0.29, 0.717) is 12.4 Å². The maximum atomic E-state index is 11.7. The summed E-state index contributed by atoms with van der Waals surface area (Å²) in [5.74, 6) is 0.397. The summed E-state index contributed by atoms with van der Waals surface area (Å²) < 4.78 is 0. The van der Waals surface area contributed by atoms with Crippen molar-refractivity contribution in [1.82, 2.24) is 9.97 Å². The van der Waals surface area contributed by atoms with E-state index in [2.05, 4.69) is 27.4 Å². The van der Waals surface area contributed by atoms with E-state index in [0.717, 1.165) is 17.8 Å². The molecule has 0 saturated heterocycles. The monoisotopic (exact) mass is 243 g/mol. The molecule has 2 aromatic rings. The Bertz CT molecular complexity index is 575. The summed E-state index contributed by atoms with van der Waals surface area (Å²) >= 11 is 0. The summed E-state index contributed by atoms with van der Waals surface area (Å²) in [6, 6.07) is 10.2. The zero-order valence-electron chi connectivity index (χ0n) is 10.7. The van der Waals surface area contributed by atoms with Gasteiger partial charge in [-0.3, -0.25) is 4.79 Å². The van der Waals surface area contributed by atoms with Crippen LogP contribution in [0, 0.1) is 13.8 Å². The Kier molecular flexibility index (Phi) is 3.77. The molecule has 4 nitrogen and oxygen atoms in total. The number of aryl methyl sites for hydroxylation is 2. The first-order chi connectivity index (χ1) is 8.66. The number of hydrogen-bond acceptors (Lipinski definition) is 3. The molecule has 0 aliphatic carbocycles. The standard InChI is InChI=1S/C14H17N3O/c1-10-11(2)17-14(18)13(16-10)15-9-8-12-6-4-3-5-7-12/h3-7H,8-9H2,1-2H3,(H,15,16)(H,17,18). The van der Waals surface area contributed by atoms with Crippen LogP contribution in [0.25, 0.3) is 0 Å². The minimum atomic E-state index is -0.161. The van der Waals surface area contributed by atoms with E-state index in [1.807, 2.05) is 32.0 Å². The number of aromatic nitrogens is 2. The topological polar surface area (TPSA) is 57.8 Å². The van der Waals surface area contributed by atoms with E-state index in [4.69, 9.17) is 0 Å². The van der Waals surface area contributed by atoms with Crippen molar-refractivity contribution in [2.45, 2.75) is 20.3 Å². The Labute approximate surface area is 106 Å². The highest BCUT2D eigenvalue weighted by Crippen LogP contribution is 2.02. The maximum Gasteiger partial charge on any atom is 0.290 e. The minimum absolute atomic E-state index is 0.161. The minimum Gasteiger partial charge on any atom is -0.365 e. The Balaban J connectivity index is 1.99. The highest BCUT2D eigenvalue weighted by Gasteiger charge is 2.03. The summed E-state index contributed by atoms with van der Waals surface area (Å²) in [6.07, 6.45) is 0.870. The predicted octanol–water partition coefficient (Wildman–Crippen LogP) is 2.04.